The van der Waals surface area contributed by atoms with Crippen LogP contribution >= 0.6 is 0 Å². The van der Waals surface area contributed by atoms with Gasteiger partial charge < -0.3 is 32.6 Å². The minimum Gasteiger partial charge on any atom is -1.00 e. The largest absolute Gasteiger partial charge is 1.00 e. The van der Waals surface area contributed by atoms with E-state index in [0.717, 1.165) is 22.3 Å². The molecule has 15 heteroatoms. The third-order valence-electron chi connectivity index (χ3n) is 6.03. The molecule has 0 aromatic heterocycles. The number of nitrogens with two attached hydrogens (primary N) is 2. The molecule has 2 atom stereocenters. The molecule has 0 aliphatic rings. The second-order valence-corrected chi connectivity index (χ2v) is 13.2. The van der Waals surface area contributed by atoms with Crippen molar-refractivity contribution in [2.75, 3.05) is 26.3 Å². The summed E-state index contributed by atoms with van der Waals surface area (Å²) in [6.45, 7) is 5.82. The molecule has 49 heavy (non-hydrogen) atoms. The average molecular weight is 747 g/mol. The Hall–Kier alpha value is -1.90. The molecular weight excluding hydrogens is 700 g/mol. The first kappa shape index (κ1) is 47.1. The van der Waals surface area contributed by atoms with E-state index in [-0.39, 0.29) is 75.7 Å². The molecule has 0 saturated heterocycles. The molecule has 4 aromatic rings. The van der Waals surface area contributed by atoms with Gasteiger partial charge in [0.2, 0.25) is 0 Å². The van der Waals surface area contributed by atoms with Gasteiger partial charge in [0.25, 0.3) is 20.2 Å². The van der Waals surface area contributed by atoms with Crippen molar-refractivity contribution in [3.8, 4) is 0 Å². The molecule has 0 bridgehead atoms. The Balaban J connectivity index is 0. The molecular formula is C34H47KN2O10S2. The summed E-state index contributed by atoms with van der Waals surface area (Å²) in [6, 6.07) is 31.6. The molecule has 266 valence electrons. The number of aryl methyl sites for hydroxylation is 2. The van der Waals surface area contributed by atoms with Gasteiger partial charge in [-0.05, 0) is 49.2 Å². The van der Waals surface area contributed by atoms with Gasteiger partial charge in [-0.2, -0.15) is 16.8 Å². The molecule has 4 rings (SSSR count). The standard InChI is InChI=1S/2C10H15NO2.2C7H8O3S.K.H/c2*11-6-10(12)8-13-7-9-4-2-1-3-5-9;2*1-6-2-4-7(5-3-6)11(8,9)10;;/h2*1-5,10,12H,6-8,11H2;2*2-5H,1H3,(H,8,9,10);;/q;;;;+1;-1. The minimum atomic E-state index is -4.02. The van der Waals surface area contributed by atoms with Crippen LogP contribution < -0.4 is 62.9 Å². The smallest absolute Gasteiger partial charge is 1.00 e. The fraction of sp³-hybridized carbons (Fsp3) is 0.294. The number of rotatable bonds is 12. The van der Waals surface area contributed by atoms with E-state index in [4.69, 9.17) is 40.3 Å². The van der Waals surface area contributed by atoms with Crippen molar-refractivity contribution < 1.29 is 98.4 Å². The molecule has 4 aromatic carbocycles. The predicted molar refractivity (Wildman–Crippen MR) is 185 cm³/mol. The summed E-state index contributed by atoms with van der Waals surface area (Å²) in [6.07, 6.45) is -1.10. The number of hydrogen-bond acceptors (Lipinski definition) is 10. The first-order valence-electron chi connectivity index (χ1n) is 14.7. The van der Waals surface area contributed by atoms with Gasteiger partial charge in [0, 0.05) is 13.1 Å². The van der Waals surface area contributed by atoms with Gasteiger partial charge in [-0.1, -0.05) is 96.1 Å². The molecule has 0 radical (unpaired) electrons. The van der Waals surface area contributed by atoms with E-state index < -0.39 is 32.4 Å². The zero-order valence-corrected chi connectivity index (χ0v) is 32.8. The number of ether oxygens (including phenoxy) is 2. The maximum atomic E-state index is 10.5. The van der Waals surface area contributed by atoms with Crippen LogP contribution in [0.5, 0.6) is 0 Å². The summed E-state index contributed by atoms with van der Waals surface area (Å²) in [5.41, 5.74) is 14.6. The maximum absolute atomic E-state index is 10.5. The van der Waals surface area contributed by atoms with Crippen LogP contribution in [-0.2, 0) is 42.9 Å². The van der Waals surface area contributed by atoms with Crippen LogP contribution in [-0.4, -0.2) is 74.7 Å². The first-order valence-corrected chi connectivity index (χ1v) is 17.6. The molecule has 2 unspecified atom stereocenters. The summed E-state index contributed by atoms with van der Waals surface area (Å²) in [7, 11) is -8.04. The van der Waals surface area contributed by atoms with Crippen molar-refractivity contribution in [1.82, 2.24) is 0 Å². The topological polar surface area (TPSA) is 220 Å². The van der Waals surface area contributed by atoms with Crippen molar-refractivity contribution >= 4 is 20.2 Å². The molecule has 0 amide bonds. The first-order chi connectivity index (χ1) is 22.6. The fourth-order valence-corrected chi connectivity index (χ4v) is 4.29. The van der Waals surface area contributed by atoms with Gasteiger partial charge >= 0.3 is 51.4 Å². The summed E-state index contributed by atoms with van der Waals surface area (Å²) in [5, 5.41) is 18.2. The zero-order chi connectivity index (χ0) is 36.0. The summed E-state index contributed by atoms with van der Waals surface area (Å²) >= 11 is 0. The third-order valence-corrected chi connectivity index (χ3v) is 7.76. The van der Waals surface area contributed by atoms with Crippen molar-refractivity contribution in [1.29, 1.82) is 0 Å². The zero-order valence-electron chi connectivity index (χ0n) is 29.0. The summed E-state index contributed by atoms with van der Waals surface area (Å²) in [4.78, 5) is -0.133. The third kappa shape index (κ3) is 23.2. The summed E-state index contributed by atoms with van der Waals surface area (Å²) in [5.74, 6) is 0. The fourth-order valence-electron chi connectivity index (χ4n) is 3.33. The second-order valence-electron chi connectivity index (χ2n) is 10.4. The van der Waals surface area contributed by atoms with Crippen molar-refractivity contribution in [2.24, 2.45) is 11.5 Å². The molecule has 8 N–H and O–H groups in total. The van der Waals surface area contributed by atoms with Crippen LogP contribution in [0.3, 0.4) is 0 Å². The number of hydrogen-bond donors (Lipinski definition) is 6. The average Bonchev–Trinajstić information content (AvgIpc) is 3.06. The molecule has 0 fully saturated rings. The van der Waals surface area contributed by atoms with E-state index in [0.29, 0.717) is 26.4 Å². The van der Waals surface area contributed by atoms with Gasteiger partial charge in [0.15, 0.2) is 0 Å². The molecule has 0 saturated carbocycles. The Kier molecular flexibility index (Phi) is 24.9. The Morgan fingerprint density at radius 3 is 1.10 bits per heavy atom. The quantitative estimate of drug-likeness (QED) is 0.0870. The Morgan fingerprint density at radius 1 is 0.571 bits per heavy atom. The molecule has 0 heterocycles. The van der Waals surface area contributed by atoms with E-state index >= 15 is 0 Å². The Morgan fingerprint density at radius 2 is 0.857 bits per heavy atom. The van der Waals surface area contributed by atoms with Crippen LogP contribution in [0.15, 0.2) is 119 Å². The van der Waals surface area contributed by atoms with Crippen LogP contribution in [0.25, 0.3) is 0 Å². The SMILES string of the molecule is Cc1ccc(S(=O)(=O)O)cc1.Cc1ccc(S(=O)(=O)O)cc1.NCC(O)COCc1ccccc1.NCC(O)COCc1ccccc1.[H-].[K+]. The van der Waals surface area contributed by atoms with E-state index in [9.17, 15) is 16.8 Å². The van der Waals surface area contributed by atoms with Crippen LogP contribution in [0.1, 0.15) is 23.7 Å². The van der Waals surface area contributed by atoms with Crippen molar-refractivity contribution in [3.63, 3.8) is 0 Å². The molecule has 0 aliphatic carbocycles. The molecule has 0 aliphatic heterocycles. The second kappa shape index (κ2) is 26.0. The minimum absolute atomic E-state index is 0. The number of benzene rings is 4. The normalized spacial score (nSPS) is 11.9. The van der Waals surface area contributed by atoms with Gasteiger partial charge in [0.1, 0.15) is 0 Å². The van der Waals surface area contributed by atoms with Crippen LogP contribution in [0.4, 0.5) is 0 Å². The Labute approximate surface area is 333 Å². The number of aliphatic hydroxyl groups is 2. The van der Waals surface area contributed by atoms with Gasteiger partial charge in [-0.15, -0.1) is 0 Å². The summed E-state index contributed by atoms with van der Waals surface area (Å²) < 4.78 is 69.6. The van der Waals surface area contributed by atoms with Gasteiger partial charge in [-0.3, -0.25) is 9.11 Å². The van der Waals surface area contributed by atoms with E-state index in [1.807, 2.05) is 74.5 Å². The van der Waals surface area contributed by atoms with E-state index in [1.54, 1.807) is 24.3 Å². The van der Waals surface area contributed by atoms with Crippen molar-refractivity contribution in [2.45, 2.75) is 49.1 Å². The molecule has 12 nitrogen and oxygen atoms in total. The van der Waals surface area contributed by atoms with Crippen LogP contribution in [0.2, 0.25) is 0 Å². The predicted octanol–water partition coefficient (Wildman–Crippen LogP) is 0.646. The van der Waals surface area contributed by atoms with E-state index in [2.05, 4.69) is 0 Å². The number of aliphatic hydroxyl groups excluding tert-OH is 2. The molecule has 0 spiro atoms. The van der Waals surface area contributed by atoms with E-state index in [1.165, 1.54) is 24.3 Å². The van der Waals surface area contributed by atoms with Crippen LogP contribution in [0, 0.1) is 13.8 Å². The van der Waals surface area contributed by atoms with Gasteiger partial charge in [0.05, 0.1) is 48.4 Å². The monoisotopic (exact) mass is 746 g/mol. The van der Waals surface area contributed by atoms with Crippen molar-refractivity contribution in [3.05, 3.63) is 131 Å². The maximum Gasteiger partial charge on any atom is 1.00 e. The van der Waals surface area contributed by atoms with Gasteiger partial charge in [-0.25, -0.2) is 0 Å². The Bertz CT molecular complexity index is 1510.